The first-order valence-corrected chi connectivity index (χ1v) is 4.81. The van der Waals surface area contributed by atoms with E-state index >= 15 is 0 Å². The Kier molecular flexibility index (Phi) is 2.41. The van der Waals surface area contributed by atoms with Gasteiger partial charge in [-0.2, -0.15) is 0 Å². The molecule has 1 aliphatic heterocycles. The molecule has 0 aromatic carbocycles. The first-order valence-electron chi connectivity index (χ1n) is 4.81. The van der Waals surface area contributed by atoms with Crippen molar-refractivity contribution < 1.29 is 19.4 Å². The smallest absolute Gasteiger partial charge is 0.328 e. The molecule has 0 spiro atoms. The zero-order valence-corrected chi connectivity index (χ0v) is 7.81. The van der Waals surface area contributed by atoms with Gasteiger partial charge in [-0.1, -0.05) is 0 Å². The molecule has 2 aliphatic rings. The Labute approximate surface area is 81.6 Å². The quantitative estimate of drug-likeness (QED) is 0.663. The molecule has 2 rings (SSSR count). The van der Waals surface area contributed by atoms with Crippen molar-refractivity contribution in [2.45, 2.75) is 18.9 Å². The molecule has 1 unspecified atom stereocenters. The van der Waals surface area contributed by atoms with E-state index in [0.29, 0.717) is 13.2 Å². The van der Waals surface area contributed by atoms with Gasteiger partial charge in [0, 0.05) is 12.5 Å². The van der Waals surface area contributed by atoms with E-state index in [0.717, 1.165) is 12.8 Å². The number of carbonyl (C=O) groups excluding carboxylic acids is 1. The number of nitrogens with zero attached hydrogens (tertiary/aromatic N) is 1. The van der Waals surface area contributed by atoms with E-state index in [9.17, 15) is 9.59 Å². The molecule has 0 aromatic heterocycles. The largest absolute Gasteiger partial charge is 0.480 e. The zero-order valence-electron chi connectivity index (χ0n) is 7.81. The Balaban J connectivity index is 2.05. The molecule has 78 valence electrons. The van der Waals surface area contributed by atoms with Crippen LogP contribution in [-0.2, 0) is 14.3 Å². The first kappa shape index (κ1) is 9.45. The van der Waals surface area contributed by atoms with Crippen molar-refractivity contribution in [2.24, 2.45) is 5.92 Å². The maximum absolute atomic E-state index is 11.7. The maximum atomic E-state index is 11.7. The van der Waals surface area contributed by atoms with Crippen LogP contribution in [0.5, 0.6) is 0 Å². The van der Waals surface area contributed by atoms with Crippen LogP contribution in [0.3, 0.4) is 0 Å². The fraction of sp³-hybridized carbons (Fsp3) is 0.778. The highest BCUT2D eigenvalue weighted by Crippen LogP contribution is 2.32. The number of carbonyl (C=O) groups is 2. The normalized spacial score (nSPS) is 27.4. The molecular formula is C9H13NO4. The van der Waals surface area contributed by atoms with Crippen LogP contribution in [0, 0.1) is 5.92 Å². The second-order valence-corrected chi connectivity index (χ2v) is 3.73. The number of morpholine rings is 1. The van der Waals surface area contributed by atoms with E-state index in [2.05, 4.69) is 0 Å². The van der Waals surface area contributed by atoms with Crippen LogP contribution in [0.1, 0.15) is 12.8 Å². The summed E-state index contributed by atoms with van der Waals surface area (Å²) in [6, 6.07) is -0.781. The van der Waals surface area contributed by atoms with Crippen molar-refractivity contribution in [2.75, 3.05) is 19.8 Å². The number of ether oxygens (including phenoxy) is 1. The van der Waals surface area contributed by atoms with Gasteiger partial charge in [0.2, 0.25) is 5.91 Å². The summed E-state index contributed by atoms with van der Waals surface area (Å²) in [6.07, 6.45) is 1.81. The van der Waals surface area contributed by atoms with E-state index in [1.165, 1.54) is 4.90 Å². The van der Waals surface area contributed by atoms with E-state index < -0.39 is 12.0 Å². The van der Waals surface area contributed by atoms with Gasteiger partial charge in [0.05, 0.1) is 13.2 Å². The number of amides is 1. The van der Waals surface area contributed by atoms with Crippen molar-refractivity contribution in [1.29, 1.82) is 0 Å². The van der Waals surface area contributed by atoms with E-state index in [4.69, 9.17) is 9.84 Å². The monoisotopic (exact) mass is 199 g/mol. The van der Waals surface area contributed by atoms with Crippen LogP contribution in [0.2, 0.25) is 0 Å². The standard InChI is InChI=1S/C9H13NO4/c11-8(6-1-2-6)10-3-4-14-5-7(10)9(12)13/h6-7H,1-5H2,(H,12,13). The van der Waals surface area contributed by atoms with Gasteiger partial charge >= 0.3 is 5.97 Å². The van der Waals surface area contributed by atoms with Gasteiger partial charge in [0.25, 0.3) is 0 Å². The predicted molar refractivity (Wildman–Crippen MR) is 46.7 cm³/mol. The summed E-state index contributed by atoms with van der Waals surface area (Å²) in [6.45, 7) is 0.975. The molecule has 1 heterocycles. The van der Waals surface area contributed by atoms with Crippen LogP contribution >= 0.6 is 0 Å². The highest BCUT2D eigenvalue weighted by Gasteiger charge is 2.39. The van der Waals surface area contributed by atoms with Crippen molar-refractivity contribution in [3.05, 3.63) is 0 Å². The lowest BCUT2D eigenvalue weighted by Crippen LogP contribution is -2.53. The Bertz CT molecular complexity index is 262. The number of carboxylic acids is 1. The lowest BCUT2D eigenvalue weighted by atomic mass is 10.2. The predicted octanol–water partition coefficient (Wildman–Crippen LogP) is -0.292. The second-order valence-electron chi connectivity index (χ2n) is 3.73. The van der Waals surface area contributed by atoms with Gasteiger partial charge in [0.1, 0.15) is 0 Å². The average Bonchev–Trinajstić information content (AvgIpc) is 3.00. The molecule has 5 nitrogen and oxygen atoms in total. The fourth-order valence-electron chi connectivity index (χ4n) is 1.64. The number of rotatable bonds is 2. The van der Waals surface area contributed by atoms with Crippen molar-refractivity contribution in [3.63, 3.8) is 0 Å². The molecule has 0 bridgehead atoms. The third-order valence-corrected chi connectivity index (χ3v) is 2.62. The molecule has 14 heavy (non-hydrogen) atoms. The minimum Gasteiger partial charge on any atom is -0.480 e. The maximum Gasteiger partial charge on any atom is 0.328 e. The van der Waals surface area contributed by atoms with Gasteiger partial charge in [-0.3, -0.25) is 4.79 Å². The number of hydrogen-bond acceptors (Lipinski definition) is 3. The SMILES string of the molecule is O=C(O)C1COCCN1C(=O)C1CC1. The molecule has 1 aliphatic carbocycles. The molecule has 5 heteroatoms. The summed E-state index contributed by atoms with van der Waals surface area (Å²) in [5, 5.41) is 8.89. The van der Waals surface area contributed by atoms with Gasteiger partial charge in [0.15, 0.2) is 6.04 Å². The minimum atomic E-state index is -0.973. The Morgan fingerprint density at radius 2 is 2.07 bits per heavy atom. The van der Waals surface area contributed by atoms with Crippen molar-refractivity contribution >= 4 is 11.9 Å². The molecular weight excluding hydrogens is 186 g/mol. The van der Waals surface area contributed by atoms with Crippen LogP contribution in [0.15, 0.2) is 0 Å². The molecule has 1 amide bonds. The summed E-state index contributed by atoms with van der Waals surface area (Å²) in [4.78, 5) is 24.0. The van der Waals surface area contributed by atoms with E-state index in [-0.39, 0.29) is 18.4 Å². The molecule has 1 atom stereocenters. The Morgan fingerprint density at radius 1 is 1.36 bits per heavy atom. The summed E-state index contributed by atoms with van der Waals surface area (Å²) >= 11 is 0. The molecule has 1 saturated carbocycles. The van der Waals surface area contributed by atoms with Gasteiger partial charge in [-0.15, -0.1) is 0 Å². The zero-order chi connectivity index (χ0) is 10.1. The molecule has 1 N–H and O–H groups in total. The average molecular weight is 199 g/mol. The topological polar surface area (TPSA) is 66.8 Å². The van der Waals surface area contributed by atoms with Gasteiger partial charge < -0.3 is 14.7 Å². The lowest BCUT2D eigenvalue weighted by molar-refractivity contribution is -0.158. The summed E-state index contributed by atoms with van der Waals surface area (Å²) in [5.74, 6) is -0.908. The van der Waals surface area contributed by atoms with Gasteiger partial charge in [-0.25, -0.2) is 4.79 Å². The van der Waals surface area contributed by atoms with Gasteiger partial charge in [-0.05, 0) is 12.8 Å². The lowest BCUT2D eigenvalue weighted by Gasteiger charge is -2.32. The number of aliphatic carboxylic acids is 1. The molecule has 0 radical (unpaired) electrons. The van der Waals surface area contributed by atoms with E-state index in [1.54, 1.807) is 0 Å². The second kappa shape index (κ2) is 3.57. The molecule has 2 fully saturated rings. The fourth-order valence-corrected chi connectivity index (χ4v) is 1.64. The first-order chi connectivity index (χ1) is 6.70. The Morgan fingerprint density at radius 3 is 2.64 bits per heavy atom. The van der Waals surface area contributed by atoms with Crippen LogP contribution in [0.4, 0.5) is 0 Å². The highest BCUT2D eigenvalue weighted by atomic mass is 16.5. The summed E-state index contributed by atoms with van der Waals surface area (Å²) < 4.78 is 5.05. The van der Waals surface area contributed by atoms with Crippen molar-refractivity contribution in [1.82, 2.24) is 4.90 Å². The molecule has 0 aromatic rings. The van der Waals surface area contributed by atoms with Crippen LogP contribution in [-0.4, -0.2) is 47.7 Å². The Hall–Kier alpha value is -1.10. The highest BCUT2D eigenvalue weighted by molar-refractivity contribution is 5.86. The van der Waals surface area contributed by atoms with E-state index in [1.807, 2.05) is 0 Å². The van der Waals surface area contributed by atoms with Crippen LogP contribution in [0.25, 0.3) is 0 Å². The van der Waals surface area contributed by atoms with Crippen molar-refractivity contribution in [3.8, 4) is 0 Å². The number of carboxylic acid groups (broad SMARTS) is 1. The third kappa shape index (κ3) is 1.72. The molecule has 1 saturated heterocycles. The summed E-state index contributed by atoms with van der Waals surface area (Å²) in [5.41, 5.74) is 0. The number of hydrogen-bond donors (Lipinski definition) is 1. The minimum absolute atomic E-state index is 0.0132. The third-order valence-electron chi connectivity index (χ3n) is 2.62. The van der Waals surface area contributed by atoms with Crippen LogP contribution < -0.4 is 0 Å². The summed E-state index contributed by atoms with van der Waals surface area (Å²) in [7, 11) is 0.